The van der Waals surface area contributed by atoms with Crippen LogP contribution in [0.15, 0.2) is 59.9 Å². The second-order valence-corrected chi connectivity index (χ2v) is 10.7. The van der Waals surface area contributed by atoms with Crippen LogP contribution >= 0.6 is 0 Å². The lowest BCUT2D eigenvalue weighted by Crippen LogP contribution is -2.15. The number of carbonyl (C=O) groups excluding carboxylic acids is 3. The number of hydrogen-bond acceptors (Lipinski definition) is 12. The number of methoxy groups -OCH3 is 6. The molecule has 0 fully saturated rings. The summed E-state index contributed by atoms with van der Waals surface area (Å²) in [6, 6.07) is 7.01. The molecule has 0 bridgehead atoms. The topological polar surface area (TPSA) is 145 Å². The van der Waals surface area contributed by atoms with Gasteiger partial charge in [-0.15, -0.1) is 0 Å². The van der Waals surface area contributed by atoms with E-state index in [1.807, 2.05) is 18.2 Å². The molecule has 3 rings (SSSR count). The van der Waals surface area contributed by atoms with E-state index in [0.717, 1.165) is 16.7 Å². The van der Waals surface area contributed by atoms with E-state index < -0.39 is 5.97 Å². The first kappa shape index (κ1) is 37.5. The van der Waals surface area contributed by atoms with Crippen LogP contribution < -0.4 is 18.9 Å². The van der Waals surface area contributed by atoms with Gasteiger partial charge in [0.15, 0.2) is 23.0 Å². The summed E-state index contributed by atoms with van der Waals surface area (Å²) < 4.78 is 43.6. The SMILES string of the molecule is COC(=O)C=CC1CC=C(OC)C=C1COc1cc(CCC(=O)OC)c(COc2cc(CCC(=O)OC)c(CO)cc2OC)cc1OC. The second-order valence-electron chi connectivity index (χ2n) is 10.7. The van der Waals surface area contributed by atoms with Crippen molar-refractivity contribution in [3.63, 3.8) is 0 Å². The van der Waals surface area contributed by atoms with Gasteiger partial charge in [0.25, 0.3) is 0 Å². The van der Waals surface area contributed by atoms with Crippen molar-refractivity contribution in [2.45, 2.75) is 45.3 Å². The zero-order chi connectivity index (χ0) is 35.1. The fourth-order valence-electron chi connectivity index (χ4n) is 5.07. The largest absolute Gasteiger partial charge is 0.497 e. The van der Waals surface area contributed by atoms with Crippen molar-refractivity contribution in [1.29, 1.82) is 0 Å². The summed E-state index contributed by atoms with van der Waals surface area (Å²) in [4.78, 5) is 35.6. The Kier molecular flexibility index (Phi) is 14.8. The molecule has 12 nitrogen and oxygen atoms in total. The van der Waals surface area contributed by atoms with Crippen LogP contribution in [0.5, 0.6) is 23.0 Å². The minimum atomic E-state index is -0.453. The average molecular weight is 669 g/mol. The summed E-state index contributed by atoms with van der Waals surface area (Å²) in [6.07, 6.45) is 8.50. The summed E-state index contributed by atoms with van der Waals surface area (Å²) in [7, 11) is 8.59. The van der Waals surface area contributed by atoms with E-state index in [-0.39, 0.29) is 50.5 Å². The molecule has 260 valence electrons. The lowest BCUT2D eigenvalue weighted by Gasteiger charge is -2.22. The molecule has 0 saturated carbocycles. The van der Waals surface area contributed by atoms with E-state index >= 15 is 0 Å². The van der Waals surface area contributed by atoms with Crippen LogP contribution in [0.4, 0.5) is 0 Å². The number of allylic oxidation sites excluding steroid dienone is 3. The van der Waals surface area contributed by atoms with Crippen molar-refractivity contribution >= 4 is 17.9 Å². The van der Waals surface area contributed by atoms with Gasteiger partial charge >= 0.3 is 17.9 Å². The summed E-state index contributed by atoms with van der Waals surface area (Å²) >= 11 is 0. The molecule has 48 heavy (non-hydrogen) atoms. The highest BCUT2D eigenvalue weighted by molar-refractivity contribution is 5.81. The van der Waals surface area contributed by atoms with Gasteiger partial charge < -0.3 is 43.0 Å². The quantitative estimate of drug-likeness (QED) is 0.135. The smallest absolute Gasteiger partial charge is 0.330 e. The molecule has 1 N–H and O–H groups in total. The molecule has 1 unspecified atom stereocenters. The molecule has 0 aliphatic heterocycles. The Labute approximate surface area is 280 Å². The molecule has 2 aromatic carbocycles. The predicted molar refractivity (Wildman–Crippen MR) is 175 cm³/mol. The number of esters is 3. The van der Waals surface area contributed by atoms with Crippen molar-refractivity contribution in [2.75, 3.05) is 49.3 Å². The van der Waals surface area contributed by atoms with E-state index in [0.29, 0.717) is 59.1 Å². The molecule has 0 saturated heterocycles. The Balaban J connectivity index is 1.92. The van der Waals surface area contributed by atoms with Gasteiger partial charge in [0.2, 0.25) is 0 Å². The Morgan fingerprint density at radius 3 is 1.77 bits per heavy atom. The minimum absolute atomic E-state index is 0.0754. The van der Waals surface area contributed by atoms with Crippen molar-refractivity contribution in [1.82, 2.24) is 0 Å². The standard InChI is InChI=1S/C36H44O12/c1-41-29-11-7-23(8-12-34(38)44-4)27(15-29)21-47-33-17-25(10-14-36(40)46-6)28(19-31(33)43-3)22-48-32-16-24(9-13-35(39)45-5)26(20-37)18-30(32)42-2/h8,11-12,15-19,23,37H,7,9-10,13-14,20-22H2,1-6H3. The van der Waals surface area contributed by atoms with Gasteiger partial charge in [0.1, 0.15) is 19.0 Å². The second kappa shape index (κ2) is 19.0. The van der Waals surface area contributed by atoms with Gasteiger partial charge in [-0.1, -0.05) is 6.08 Å². The molecule has 0 radical (unpaired) electrons. The van der Waals surface area contributed by atoms with Crippen LogP contribution in [0.1, 0.15) is 41.5 Å². The molecular weight excluding hydrogens is 624 g/mol. The highest BCUT2D eigenvalue weighted by atomic mass is 16.5. The number of aliphatic hydroxyl groups is 1. The maximum atomic E-state index is 12.1. The number of aliphatic hydroxyl groups excluding tert-OH is 1. The summed E-state index contributed by atoms with van der Waals surface area (Å²) in [5.74, 6) is 1.07. The lowest BCUT2D eigenvalue weighted by atomic mass is 9.90. The zero-order valence-electron chi connectivity index (χ0n) is 28.3. The molecule has 0 amide bonds. The van der Waals surface area contributed by atoms with E-state index in [9.17, 15) is 19.5 Å². The maximum absolute atomic E-state index is 12.1. The number of rotatable bonds is 18. The highest BCUT2D eigenvalue weighted by Gasteiger charge is 2.21. The van der Waals surface area contributed by atoms with Crippen molar-refractivity contribution in [3.05, 3.63) is 82.2 Å². The third-order valence-electron chi connectivity index (χ3n) is 7.85. The van der Waals surface area contributed by atoms with Crippen LogP contribution in [0.3, 0.4) is 0 Å². The summed E-state index contributed by atoms with van der Waals surface area (Å²) in [5.41, 5.74) is 3.70. The summed E-state index contributed by atoms with van der Waals surface area (Å²) in [5, 5.41) is 9.92. The minimum Gasteiger partial charge on any atom is -0.497 e. The van der Waals surface area contributed by atoms with Crippen LogP contribution in [0, 0.1) is 5.92 Å². The Hall–Kier alpha value is -4.97. The Bertz CT molecular complexity index is 1520. The maximum Gasteiger partial charge on any atom is 0.330 e. The van der Waals surface area contributed by atoms with Gasteiger partial charge in [-0.25, -0.2) is 4.79 Å². The molecule has 2 aromatic rings. The van der Waals surface area contributed by atoms with E-state index in [2.05, 4.69) is 0 Å². The first-order valence-electron chi connectivity index (χ1n) is 15.3. The number of carbonyl (C=O) groups is 3. The molecule has 0 spiro atoms. The zero-order valence-corrected chi connectivity index (χ0v) is 28.3. The number of hydrogen-bond donors (Lipinski definition) is 1. The predicted octanol–water partition coefficient (Wildman–Crippen LogP) is 4.57. The Morgan fingerprint density at radius 2 is 1.25 bits per heavy atom. The van der Waals surface area contributed by atoms with E-state index in [1.54, 1.807) is 31.4 Å². The van der Waals surface area contributed by atoms with Crippen molar-refractivity contribution in [2.24, 2.45) is 5.92 Å². The lowest BCUT2D eigenvalue weighted by molar-refractivity contribution is -0.141. The van der Waals surface area contributed by atoms with Gasteiger partial charge in [-0.05, 0) is 83.5 Å². The fraction of sp³-hybridized carbons (Fsp3) is 0.417. The third kappa shape index (κ3) is 10.5. The third-order valence-corrected chi connectivity index (χ3v) is 7.85. The normalized spacial score (nSPS) is 14.0. The first-order chi connectivity index (χ1) is 23.2. The summed E-state index contributed by atoms with van der Waals surface area (Å²) in [6.45, 7) is 0.0000139. The van der Waals surface area contributed by atoms with Crippen LogP contribution in [-0.2, 0) is 59.4 Å². The number of aryl methyl sites for hydroxylation is 2. The molecule has 1 atom stereocenters. The van der Waals surface area contributed by atoms with Gasteiger partial charge in [0.05, 0.1) is 49.3 Å². The van der Waals surface area contributed by atoms with Crippen LogP contribution in [0.25, 0.3) is 0 Å². The first-order valence-corrected chi connectivity index (χ1v) is 15.3. The van der Waals surface area contributed by atoms with Crippen LogP contribution in [-0.4, -0.2) is 72.3 Å². The van der Waals surface area contributed by atoms with Crippen molar-refractivity contribution in [3.8, 4) is 23.0 Å². The molecular formula is C36H44O12. The fourth-order valence-corrected chi connectivity index (χ4v) is 5.07. The number of ether oxygens (including phenoxy) is 8. The van der Waals surface area contributed by atoms with Gasteiger partial charge in [-0.3, -0.25) is 9.59 Å². The molecule has 1 aliphatic carbocycles. The highest BCUT2D eigenvalue weighted by Crippen LogP contribution is 2.36. The molecule has 0 aromatic heterocycles. The average Bonchev–Trinajstić information content (AvgIpc) is 3.12. The van der Waals surface area contributed by atoms with E-state index in [4.69, 9.17) is 37.9 Å². The number of benzene rings is 2. The van der Waals surface area contributed by atoms with Gasteiger partial charge in [-0.2, -0.15) is 0 Å². The molecule has 12 heteroatoms. The van der Waals surface area contributed by atoms with Crippen molar-refractivity contribution < 1.29 is 57.4 Å². The molecule has 1 aliphatic rings. The van der Waals surface area contributed by atoms with E-state index in [1.165, 1.54) is 41.6 Å². The Morgan fingerprint density at radius 1 is 0.708 bits per heavy atom. The van der Waals surface area contributed by atoms with Gasteiger partial charge in [0, 0.05) is 24.8 Å². The van der Waals surface area contributed by atoms with Crippen LogP contribution in [0.2, 0.25) is 0 Å². The monoisotopic (exact) mass is 668 g/mol. The molecule has 0 heterocycles.